The van der Waals surface area contributed by atoms with Crippen molar-refractivity contribution in [1.29, 1.82) is 0 Å². The largest absolute Gasteiger partial charge is 0.480 e. The smallest absolute Gasteiger partial charge is 0.326 e. The zero-order valence-corrected chi connectivity index (χ0v) is 50.6. The first kappa shape index (κ1) is 68.9. The van der Waals surface area contributed by atoms with Crippen molar-refractivity contribution in [3.8, 4) is 0 Å². The summed E-state index contributed by atoms with van der Waals surface area (Å²) in [6, 6.07) is -4.79. The number of H-pyrrole nitrogens is 2. The van der Waals surface area contributed by atoms with Gasteiger partial charge in [-0.05, 0) is 92.8 Å². The van der Waals surface area contributed by atoms with E-state index in [0.717, 1.165) is 10.9 Å². The van der Waals surface area contributed by atoms with Crippen molar-refractivity contribution in [3.63, 3.8) is 0 Å². The molecule has 2 aromatic heterocycles. The van der Waals surface area contributed by atoms with Gasteiger partial charge in [0.15, 0.2) is 0 Å². The lowest BCUT2D eigenvalue weighted by Gasteiger charge is -2.31. The second kappa shape index (κ2) is 33.1. The van der Waals surface area contributed by atoms with E-state index in [4.69, 9.17) is 11.5 Å². The summed E-state index contributed by atoms with van der Waals surface area (Å²) < 4.78 is 0. The highest BCUT2D eigenvalue weighted by Gasteiger charge is 2.41. The maximum Gasteiger partial charge on any atom is 0.326 e. The van der Waals surface area contributed by atoms with E-state index in [1.807, 2.05) is 58.2 Å². The average molecular weight is 1190 g/mol. The Hall–Kier alpha value is -7.55. The van der Waals surface area contributed by atoms with Crippen LogP contribution < -0.4 is 54.0 Å². The molecule has 27 heteroatoms. The van der Waals surface area contributed by atoms with E-state index in [1.165, 1.54) is 36.1 Å². The number of nitrogens with two attached hydrogens (primary N) is 2. The fourth-order valence-electron chi connectivity index (χ4n) is 9.73. The lowest BCUT2D eigenvalue weighted by atomic mass is 9.99. The number of hydrogen-bond acceptors (Lipinski definition) is 14. The van der Waals surface area contributed by atoms with Crippen molar-refractivity contribution >= 4 is 87.7 Å². The SMILES string of the molecule is CSCC[C@H](N)C(=O)N[C@@H](Cc1c[nH]c2ccccc12)C(=O)N[C@@H](CCC(N)=O)C(=O)N[C@H](C(=O)N[C@@H](C)C(=O)N1CCC[C@H]1C(=O)N[C@H](C(=O)N[C@@H](Cc1cnc[nH]1)C(=O)N[C@@H](CC(C)C)C(=O)N[C@@H](CC(C)C)C(=O)O)C(C)C)C(C)C. The first-order valence-electron chi connectivity index (χ1n) is 28.6. The molecule has 15 N–H and O–H groups in total. The van der Waals surface area contributed by atoms with Gasteiger partial charge in [0.05, 0.1) is 12.4 Å². The third kappa shape index (κ3) is 21.0. The van der Waals surface area contributed by atoms with Crippen LogP contribution in [0.4, 0.5) is 0 Å². The number of fused-ring (bicyclic) bond motifs is 1. The lowest BCUT2D eigenvalue weighted by Crippen LogP contribution is -2.61. The van der Waals surface area contributed by atoms with Gasteiger partial charge in [0, 0.05) is 54.8 Å². The molecule has 10 atom stereocenters. The maximum atomic E-state index is 14.2. The Morgan fingerprint density at radius 3 is 1.81 bits per heavy atom. The van der Waals surface area contributed by atoms with Crippen molar-refractivity contribution in [2.75, 3.05) is 18.6 Å². The molecule has 0 spiro atoms. The number of thioether (sulfide) groups is 1. The lowest BCUT2D eigenvalue weighted by molar-refractivity contribution is -0.143. The minimum Gasteiger partial charge on any atom is -0.480 e. The Labute approximate surface area is 494 Å². The molecule has 1 aromatic carbocycles. The monoisotopic (exact) mass is 1190 g/mol. The van der Waals surface area contributed by atoms with Crippen LogP contribution in [0, 0.1) is 23.7 Å². The highest BCUT2D eigenvalue weighted by Crippen LogP contribution is 2.22. The number of imidazole rings is 1. The van der Waals surface area contributed by atoms with Crippen molar-refractivity contribution in [3.05, 3.63) is 54.2 Å². The number of carbonyl (C=O) groups is 11. The normalized spacial score (nSPS) is 16.6. The molecule has 4 rings (SSSR count). The third-order valence-corrected chi connectivity index (χ3v) is 15.0. The molecule has 1 saturated heterocycles. The minimum absolute atomic E-state index is 0.00655. The molecule has 0 bridgehead atoms. The highest BCUT2D eigenvalue weighted by molar-refractivity contribution is 7.98. The van der Waals surface area contributed by atoms with Crippen LogP contribution in [0.15, 0.2) is 43.0 Å². The Balaban J connectivity index is 1.47. The summed E-state index contributed by atoms with van der Waals surface area (Å²) >= 11 is 1.50. The highest BCUT2D eigenvalue weighted by atomic mass is 32.2. The van der Waals surface area contributed by atoms with Gasteiger partial charge in [0.1, 0.15) is 54.4 Å². The summed E-state index contributed by atoms with van der Waals surface area (Å²) in [5.41, 5.74) is 13.6. The molecule has 0 aliphatic carbocycles. The molecular weight excluding hydrogens is 1100 g/mol. The number of nitrogens with one attached hydrogen (secondary N) is 10. The molecule has 464 valence electrons. The van der Waals surface area contributed by atoms with Crippen LogP contribution in [-0.4, -0.2) is 169 Å². The zero-order chi connectivity index (χ0) is 62.5. The van der Waals surface area contributed by atoms with E-state index in [9.17, 15) is 57.8 Å². The number of carbonyl (C=O) groups excluding carboxylic acids is 10. The number of benzene rings is 1. The van der Waals surface area contributed by atoms with Gasteiger partial charge >= 0.3 is 5.97 Å². The van der Waals surface area contributed by atoms with Gasteiger partial charge in [0.25, 0.3) is 0 Å². The number of likely N-dealkylation sites (tertiary alicyclic amines) is 1. The Kier molecular flexibility index (Phi) is 27.1. The third-order valence-electron chi connectivity index (χ3n) is 14.3. The predicted octanol–water partition coefficient (Wildman–Crippen LogP) is 0.400. The van der Waals surface area contributed by atoms with Crippen molar-refractivity contribution in [2.45, 2.75) is 181 Å². The first-order valence-corrected chi connectivity index (χ1v) is 30.0. The minimum atomic E-state index is -1.43. The van der Waals surface area contributed by atoms with E-state index in [1.54, 1.807) is 33.9 Å². The summed E-state index contributed by atoms with van der Waals surface area (Å²) in [6.07, 6.45) is 6.92. The molecule has 1 fully saturated rings. The number of carboxylic acid groups (broad SMARTS) is 1. The second-order valence-corrected chi connectivity index (χ2v) is 24.0. The van der Waals surface area contributed by atoms with Crippen LogP contribution >= 0.6 is 11.8 Å². The number of nitrogens with zero attached hydrogens (tertiary/aromatic N) is 2. The van der Waals surface area contributed by atoms with Gasteiger partial charge in [-0.15, -0.1) is 0 Å². The number of aromatic amines is 2. The van der Waals surface area contributed by atoms with Crippen LogP contribution in [0.2, 0.25) is 0 Å². The zero-order valence-electron chi connectivity index (χ0n) is 49.8. The van der Waals surface area contributed by atoms with Crippen molar-refractivity contribution < 1.29 is 57.8 Å². The fourth-order valence-corrected chi connectivity index (χ4v) is 10.2. The topological polar surface area (TPSA) is 404 Å². The summed E-state index contributed by atoms with van der Waals surface area (Å²) in [5.74, 6) is -9.26. The molecule has 1 aliphatic heterocycles. The number of rotatable bonds is 34. The van der Waals surface area contributed by atoms with Gasteiger partial charge in [-0.2, -0.15) is 11.8 Å². The number of para-hydroxylation sites is 1. The maximum absolute atomic E-state index is 14.2. The first-order chi connectivity index (χ1) is 39.6. The standard InChI is InChI=1S/C57H88N14O12S/c1-29(2)22-40(50(75)68-43(57(82)83)23-30(3)4)66-52(77)42(25-35-27-60-28-62-35)67-55(80)47(32(7)8)70-53(78)44-16-13-20-71(44)56(81)33(9)63-54(79)46(31(5)6)69-49(74)39(17-18-45(59)72)64-51(76)41(65-48(73)37(58)19-21-84-10)24-34-26-61-38-15-12-11-14-36(34)38/h11-12,14-15,26-33,37,39-44,46-47,61H,13,16-25,58H2,1-10H3,(H2,59,72)(H,60,62)(H,63,79)(H,64,76)(H,65,73)(H,66,77)(H,67,80)(H,68,75)(H,69,74)(H,70,78)(H,82,83)/t33-,37-,39-,40-,41-,42-,43-,44-,46-,47-/m0/s1. The molecular formula is C57H88N14O12S. The van der Waals surface area contributed by atoms with Gasteiger partial charge in [0.2, 0.25) is 59.1 Å². The quantitative estimate of drug-likeness (QED) is 0.0385. The van der Waals surface area contributed by atoms with Crippen LogP contribution in [0.1, 0.15) is 119 Å². The molecule has 26 nitrogen and oxygen atoms in total. The summed E-state index contributed by atoms with van der Waals surface area (Å²) in [7, 11) is 0. The summed E-state index contributed by atoms with van der Waals surface area (Å²) in [5, 5.41) is 32.1. The van der Waals surface area contributed by atoms with E-state index in [2.05, 4.69) is 57.5 Å². The van der Waals surface area contributed by atoms with E-state index < -0.39 is 137 Å². The van der Waals surface area contributed by atoms with Gasteiger partial charge < -0.3 is 74.0 Å². The number of amides is 10. The number of primary amides is 1. The van der Waals surface area contributed by atoms with Crippen molar-refractivity contribution in [1.82, 2.24) is 62.4 Å². The molecule has 0 unspecified atom stereocenters. The molecule has 0 radical (unpaired) electrons. The van der Waals surface area contributed by atoms with Gasteiger partial charge in [-0.25, -0.2) is 9.78 Å². The number of aliphatic carboxylic acids is 1. The molecule has 0 saturated carbocycles. The van der Waals surface area contributed by atoms with E-state index in [-0.39, 0.29) is 63.3 Å². The Bertz CT molecular complexity index is 2750. The Morgan fingerprint density at radius 1 is 0.667 bits per heavy atom. The van der Waals surface area contributed by atoms with Crippen LogP contribution in [0.25, 0.3) is 10.9 Å². The number of carboxylic acids is 1. The average Bonchev–Trinajstić information content (AvgIpc) is 3.98. The Morgan fingerprint density at radius 2 is 1.21 bits per heavy atom. The number of hydrogen-bond donors (Lipinski definition) is 13. The number of aromatic nitrogens is 3. The van der Waals surface area contributed by atoms with Gasteiger partial charge in [-0.3, -0.25) is 47.9 Å². The summed E-state index contributed by atoms with van der Waals surface area (Å²) in [6.45, 7) is 15.5. The molecule has 3 heterocycles. The molecule has 1 aliphatic rings. The second-order valence-electron chi connectivity index (χ2n) is 23.0. The summed E-state index contributed by atoms with van der Waals surface area (Å²) in [4.78, 5) is 162. The molecule has 3 aromatic rings. The van der Waals surface area contributed by atoms with Crippen LogP contribution in [0.5, 0.6) is 0 Å². The predicted molar refractivity (Wildman–Crippen MR) is 316 cm³/mol. The molecule has 84 heavy (non-hydrogen) atoms. The fraction of sp³-hybridized carbons (Fsp3) is 0.614. The van der Waals surface area contributed by atoms with Crippen molar-refractivity contribution in [2.24, 2.45) is 35.1 Å². The van der Waals surface area contributed by atoms with Crippen LogP contribution in [-0.2, 0) is 65.6 Å². The molecule has 10 amide bonds. The van der Waals surface area contributed by atoms with E-state index in [0.29, 0.717) is 29.9 Å². The van der Waals surface area contributed by atoms with Gasteiger partial charge in [-0.1, -0.05) is 73.6 Å². The van der Waals surface area contributed by atoms with E-state index >= 15 is 0 Å². The van der Waals surface area contributed by atoms with Crippen LogP contribution in [0.3, 0.4) is 0 Å².